The molecule has 0 radical (unpaired) electrons. The Morgan fingerprint density at radius 2 is 1.57 bits per heavy atom. The number of carbonyl (C=O) groups excluding carboxylic acids is 3. The average molecular weight is 419 g/mol. The molecule has 1 aliphatic heterocycles. The lowest BCUT2D eigenvalue weighted by Gasteiger charge is -2.17. The van der Waals surface area contributed by atoms with Crippen molar-refractivity contribution in [3.8, 4) is 0 Å². The second-order valence-electron chi connectivity index (χ2n) is 7.23. The number of nitrogens with zero attached hydrogens (tertiary/aromatic N) is 2. The van der Waals surface area contributed by atoms with Crippen LogP contribution in [0.5, 0.6) is 0 Å². The third-order valence-electron chi connectivity index (χ3n) is 5.06. The van der Waals surface area contributed by atoms with Gasteiger partial charge in [0, 0.05) is 24.2 Å². The van der Waals surface area contributed by atoms with Gasteiger partial charge in [0.1, 0.15) is 0 Å². The highest BCUT2D eigenvalue weighted by Crippen LogP contribution is 2.26. The first-order chi connectivity index (χ1) is 14.4. The molecule has 0 saturated carbocycles. The van der Waals surface area contributed by atoms with Crippen LogP contribution >= 0.6 is 11.6 Å². The zero-order chi connectivity index (χ0) is 21.3. The second kappa shape index (κ2) is 8.13. The average Bonchev–Trinajstić information content (AvgIpc) is 2.98. The Bertz CT molecular complexity index is 1140. The molecule has 30 heavy (non-hydrogen) atoms. The standard InChI is InChI=1S/C24H19ClN2O3/c1-26(14-17-8-5-9-19(25)12-17)22(28)18-10-11-20-21(13-18)24(30)27(23(20)29)15-16-6-3-2-4-7-16/h2-13H,14-15H2,1H3. The van der Waals surface area contributed by atoms with Crippen LogP contribution in [0.1, 0.15) is 42.2 Å². The summed E-state index contributed by atoms with van der Waals surface area (Å²) >= 11 is 6.01. The summed E-state index contributed by atoms with van der Waals surface area (Å²) in [7, 11) is 1.69. The maximum atomic E-state index is 12.9. The normalized spacial score (nSPS) is 12.8. The number of amides is 3. The summed E-state index contributed by atoms with van der Waals surface area (Å²) in [6, 6.07) is 21.3. The molecule has 0 aliphatic carbocycles. The Labute approximate surface area is 179 Å². The van der Waals surface area contributed by atoms with Crippen LogP contribution in [0.2, 0.25) is 5.02 Å². The molecular weight excluding hydrogens is 400 g/mol. The predicted octanol–water partition coefficient (Wildman–Crippen LogP) is 4.41. The molecule has 0 N–H and O–H groups in total. The molecule has 0 aromatic heterocycles. The summed E-state index contributed by atoms with van der Waals surface area (Å²) in [5.74, 6) is -0.962. The summed E-state index contributed by atoms with van der Waals surface area (Å²) in [6.07, 6.45) is 0. The molecular formula is C24H19ClN2O3. The zero-order valence-corrected chi connectivity index (χ0v) is 17.1. The van der Waals surface area contributed by atoms with Gasteiger partial charge < -0.3 is 4.90 Å². The summed E-state index contributed by atoms with van der Waals surface area (Å²) in [4.78, 5) is 41.2. The Morgan fingerprint density at radius 1 is 0.867 bits per heavy atom. The number of carbonyl (C=O) groups is 3. The van der Waals surface area contributed by atoms with E-state index in [1.54, 1.807) is 36.2 Å². The van der Waals surface area contributed by atoms with Crippen molar-refractivity contribution in [3.63, 3.8) is 0 Å². The summed E-state index contributed by atoms with van der Waals surface area (Å²) in [5.41, 5.74) is 2.72. The van der Waals surface area contributed by atoms with E-state index in [1.165, 1.54) is 11.0 Å². The molecule has 4 rings (SSSR count). The van der Waals surface area contributed by atoms with E-state index in [0.29, 0.717) is 22.7 Å². The monoisotopic (exact) mass is 418 g/mol. The first-order valence-corrected chi connectivity index (χ1v) is 9.86. The van der Waals surface area contributed by atoms with E-state index in [9.17, 15) is 14.4 Å². The zero-order valence-electron chi connectivity index (χ0n) is 16.3. The quantitative estimate of drug-likeness (QED) is 0.577. The molecule has 0 atom stereocenters. The highest BCUT2D eigenvalue weighted by Gasteiger charge is 2.36. The minimum atomic E-state index is -0.383. The predicted molar refractivity (Wildman–Crippen MR) is 114 cm³/mol. The highest BCUT2D eigenvalue weighted by molar-refractivity contribution is 6.30. The van der Waals surface area contributed by atoms with Crippen LogP contribution < -0.4 is 0 Å². The summed E-state index contributed by atoms with van der Waals surface area (Å²) < 4.78 is 0. The Hall–Kier alpha value is -3.44. The number of hydrogen-bond donors (Lipinski definition) is 0. The number of imide groups is 1. The smallest absolute Gasteiger partial charge is 0.261 e. The molecule has 150 valence electrons. The topological polar surface area (TPSA) is 57.7 Å². The minimum absolute atomic E-state index is 0.200. The van der Waals surface area contributed by atoms with Gasteiger partial charge in [0.05, 0.1) is 17.7 Å². The van der Waals surface area contributed by atoms with E-state index >= 15 is 0 Å². The fourth-order valence-electron chi connectivity index (χ4n) is 3.53. The van der Waals surface area contributed by atoms with E-state index in [2.05, 4.69) is 0 Å². The molecule has 0 unspecified atom stereocenters. The lowest BCUT2D eigenvalue weighted by Crippen LogP contribution is -2.29. The fraction of sp³-hybridized carbons (Fsp3) is 0.125. The van der Waals surface area contributed by atoms with Gasteiger partial charge in [0.15, 0.2) is 0 Å². The highest BCUT2D eigenvalue weighted by atomic mass is 35.5. The molecule has 3 aromatic carbocycles. The molecule has 0 saturated heterocycles. The van der Waals surface area contributed by atoms with Gasteiger partial charge >= 0.3 is 0 Å². The molecule has 0 fully saturated rings. The second-order valence-corrected chi connectivity index (χ2v) is 7.67. The van der Waals surface area contributed by atoms with Crippen LogP contribution in [0, 0.1) is 0 Å². The van der Waals surface area contributed by atoms with Gasteiger partial charge in [-0.25, -0.2) is 0 Å². The lowest BCUT2D eigenvalue weighted by molar-refractivity contribution is 0.0642. The summed E-state index contributed by atoms with van der Waals surface area (Å²) in [6.45, 7) is 0.578. The lowest BCUT2D eigenvalue weighted by atomic mass is 10.0. The van der Waals surface area contributed by atoms with Gasteiger partial charge in [-0.05, 0) is 41.5 Å². The van der Waals surface area contributed by atoms with Crippen LogP contribution in [0.3, 0.4) is 0 Å². The van der Waals surface area contributed by atoms with E-state index in [-0.39, 0.29) is 29.8 Å². The minimum Gasteiger partial charge on any atom is -0.337 e. The molecule has 1 heterocycles. The van der Waals surface area contributed by atoms with Crippen molar-refractivity contribution in [2.45, 2.75) is 13.1 Å². The van der Waals surface area contributed by atoms with Crippen molar-refractivity contribution in [3.05, 3.63) is 106 Å². The van der Waals surface area contributed by atoms with Crippen molar-refractivity contribution in [2.24, 2.45) is 0 Å². The van der Waals surface area contributed by atoms with Crippen LogP contribution in [0.15, 0.2) is 72.8 Å². The van der Waals surface area contributed by atoms with Gasteiger partial charge in [-0.15, -0.1) is 0 Å². The number of fused-ring (bicyclic) bond motifs is 1. The summed E-state index contributed by atoms with van der Waals surface area (Å²) in [5, 5.41) is 0.605. The SMILES string of the molecule is CN(Cc1cccc(Cl)c1)C(=O)c1ccc2c(c1)C(=O)N(Cc1ccccc1)C2=O. The van der Waals surface area contributed by atoms with Gasteiger partial charge in [-0.3, -0.25) is 19.3 Å². The molecule has 3 amide bonds. The van der Waals surface area contributed by atoms with Crippen LogP contribution in [0.4, 0.5) is 0 Å². The Kier molecular flexibility index (Phi) is 5.38. The first-order valence-electron chi connectivity index (χ1n) is 9.48. The van der Waals surface area contributed by atoms with Gasteiger partial charge in [0.2, 0.25) is 0 Å². The molecule has 0 bridgehead atoms. The van der Waals surface area contributed by atoms with Crippen LogP contribution in [0.25, 0.3) is 0 Å². The molecule has 0 spiro atoms. The third-order valence-corrected chi connectivity index (χ3v) is 5.29. The molecule has 5 nitrogen and oxygen atoms in total. The first kappa shape index (κ1) is 19.9. The van der Waals surface area contributed by atoms with E-state index in [4.69, 9.17) is 11.6 Å². The molecule has 3 aromatic rings. The largest absolute Gasteiger partial charge is 0.337 e. The van der Waals surface area contributed by atoms with Crippen LogP contribution in [-0.2, 0) is 13.1 Å². The van der Waals surface area contributed by atoms with Gasteiger partial charge in [-0.1, -0.05) is 54.1 Å². The van der Waals surface area contributed by atoms with Crippen LogP contribution in [-0.4, -0.2) is 34.6 Å². The van der Waals surface area contributed by atoms with Crippen molar-refractivity contribution in [1.82, 2.24) is 9.80 Å². The number of hydrogen-bond acceptors (Lipinski definition) is 3. The maximum absolute atomic E-state index is 12.9. The van der Waals surface area contributed by atoms with Crippen molar-refractivity contribution in [1.29, 1.82) is 0 Å². The van der Waals surface area contributed by atoms with Crippen molar-refractivity contribution in [2.75, 3.05) is 7.05 Å². The van der Waals surface area contributed by atoms with Crippen molar-refractivity contribution >= 4 is 29.3 Å². The van der Waals surface area contributed by atoms with E-state index < -0.39 is 0 Å². The molecule has 6 heteroatoms. The van der Waals surface area contributed by atoms with Crippen molar-refractivity contribution < 1.29 is 14.4 Å². The maximum Gasteiger partial charge on any atom is 0.261 e. The fourth-order valence-corrected chi connectivity index (χ4v) is 3.75. The molecule has 1 aliphatic rings. The van der Waals surface area contributed by atoms with E-state index in [1.807, 2.05) is 42.5 Å². The number of rotatable bonds is 5. The Morgan fingerprint density at radius 3 is 2.30 bits per heavy atom. The Balaban J connectivity index is 1.54. The van der Waals surface area contributed by atoms with Gasteiger partial charge in [-0.2, -0.15) is 0 Å². The number of halogens is 1. The van der Waals surface area contributed by atoms with Gasteiger partial charge in [0.25, 0.3) is 17.7 Å². The third kappa shape index (κ3) is 3.84. The van der Waals surface area contributed by atoms with E-state index in [0.717, 1.165) is 11.1 Å². The number of benzene rings is 3.